The number of hydrogen-bond donors (Lipinski definition) is 1. The van der Waals surface area contributed by atoms with Crippen LogP contribution in [-0.4, -0.2) is 16.5 Å². The van der Waals surface area contributed by atoms with E-state index in [1.54, 1.807) is 6.08 Å². The molecule has 0 bridgehead atoms. The number of hydrogen-bond acceptors (Lipinski definition) is 4. The molecule has 98 valence electrons. The van der Waals surface area contributed by atoms with Gasteiger partial charge in [0.05, 0.1) is 4.92 Å². The highest BCUT2D eigenvalue weighted by Crippen LogP contribution is 2.32. The Labute approximate surface area is 100 Å². The molecule has 0 atom stereocenters. The molecule has 0 spiro atoms. The third kappa shape index (κ3) is 3.44. The van der Waals surface area contributed by atoms with E-state index in [1.165, 1.54) is 0 Å². The van der Waals surface area contributed by atoms with Crippen LogP contribution in [-0.2, 0) is 6.18 Å². The van der Waals surface area contributed by atoms with E-state index in [2.05, 4.69) is 16.9 Å². The fraction of sp³-hybridized carbons (Fsp3) is 0.300. The number of pyridine rings is 1. The molecule has 1 rings (SSSR count). The first-order chi connectivity index (χ1) is 8.36. The fourth-order valence-electron chi connectivity index (χ4n) is 1.20. The van der Waals surface area contributed by atoms with Crippen molar-refractivity contribution in [1.29, 1.82) is 0 Å². The largest absolute Gasteiger partial charge is 0.433 e. The molecule has 18 heavy (non-hydrogen) atoms. The number of nitro groups is 1. The van der Waals surface area contributed by atoms with Gasteiger partial charge in [0.25, 0.3) is 0 Å². The average molecular weight is 261 g/mol. The van der Waals surface area contributed by atoms with Crippen molar-refractivity contribution in [2.24, 2.45) is 0 Å². The quantitative estimate of drug-likeness (QED) is 0.383. The van der Waals surface area contributed by atoms with Crippen molar-refractivity contribution in [2.45, 2.75) is 12.6 Å². The van der Waals surface area contributed by atoms with E-state index in [9.17, 15) is 23.3 Å². The summed E-state index contributed by atoms with van der Waals surface area (Å²) in [5.74, 6) is 0. The second-order valence-electron chi connectivity index (χ2n) is 3.35. The van der Waals surface area contributed by atoms with Crippen molar-refractivity contribution < 1.29 is 18.1 Å². The monoisotopic (exact) mass is 261 g/mol. The number of halogens is 3. The molecule has 0 fully saturated rings. The highest BCUT2D eigenvalue weighted by Gasteiger charge is 2.34. The van der Waals surface area contributed by atoms with Crippen molar-refractivity contribution >= 4 is 11.4 Å². The van der Waals surface area contributed by atoms with Crippen LogP contribution in [0.1, 0.15) is 12.1 Å². The summed E-state index contributed by atoms with van der Waals surface area (Å²) in [6, 6.07) is 0.626. The Bertz CT molecular complexity index is 460. The number of nitrogens with one attached hydrogen (secondary N) is 1. The second kappa shape index (κ2) is 5.48. The van der Waals surface area contributed by atoms with E-state index in [-0.39, 0.29) is 12.2 Å². The molecular weight excluding hydrogens is 251 g/mol. The van der Waals surface area contributed by atoms with Gasteiger partial charge in [-0.1, -0.05) is 6.08 Å². The van der Waals surface area contributed by atoms with E-state index in [4.69, 9.17) is 0 Å². The van der Waals surface area contributed by atoms with Crippen LogP contribution in [0.25, 0.3) is 0 Å². The molecule has 0 aliphatic heterocycles. The lowest BCUT2D eigenvalue weighted by Gasteiger charge is -2.09. The minimum atomic E-state index is -4.63. The Hall–Kier alpha value is -2.12. The first-order valence-electron chi connectivity index (χ1n) is 4.92. The smallest absolute Gasteiger partial charge is 0.379 e. The summed E-state index contributed by atoms with van der Waals surface area (Å²) in [5.41, 5.74) is -1.87. The van der Waals surface area contributed by atoms with Gasteiger partial charge in [-0.25, -0.2) is 4.98 Å². The van der Waals surface area contributed by atoms with Crippen molar-refractivity contribution in [3.8, 4) is 0 Å². The molecule has 0 saturated carbocycles. The highest BCUT2D eigenvalue weighted by atomic mass is 19.4. The molecule has 0 aliphatic rings. The zero-order valence-electron chi connectivity index (χ0n) is 9.20. The van der Waals surface area contributed by atoms with E-state index < -0.39 is 22.5 Å². The first-order valence-corrected chi connectivity index (χ1v) is 4.92. The van der Waals surface area contributed by atoms with Crippen molar-refractivity contribution in [3.63, 3.8) is 0 Å². The van der Waals surface area contributed by atoms with E-state index in [1.807, 2.05) is 0 Å². The number of alkyl halides is 3. The van der Waals surface area contributed by atoms with Crippen molar-refractivity contribution in [2.75, 3.05) is 11.9 Å². The topological polar surface area (TPSA) is 68.1 Å². The third-order valence-electron chi connectivity index (χ3n) is 2.03. The Morgan fingerprint density at radius 2 is 2.22 bits per heavy atom. The molecule has 1 aromatic heterocycles. The Morgan fingerprint density at radius 1 is 1.56 bits per heavy atom. The molecule has 0 unspecified atom stereocenters. The van der Waals surface area contributed by atoms with Crippen LogP contribution in [0, 0.1) is 10.1 Å². The van der Waals surface area contributed by atoms with Crippen LogP contribution in [0.4, 0.5) is 24.5 Å². The molecule has 5 nitrogen and oxygen atoms in total. The molecule has 0 aliphatic carbocycles. The van der Waals surface area contributed by atoms with Gasteiger partial charge in [-0.3, -0.25) is 10.1 Å². The molecule has 1 N–H and O–H groups in total. The summed E-state index contributed by atoms with van der Waals surface area (Å²) in [6.07, 6.45) is -2.02. The molecule has 0 aromatic carbocycles. The minimum absolute atomic E-state index is 0.204. The second-order valence-corrected chi connectivity index (χ2v) is 3.35. The van der Waals surface area contributed by atoms with Crippen LogP contribution in [0.5, 0.6) is 0 Å². The van der Waals surface area contributed by atoms with Gasteiger partial charge in [-0.05, 0) is 12.5 Å². The molecule has 8 heteroatoms. The van der Waals surface area contributed by atoms with Crippen LogP contribution in [0.15, 0.2) is 24.9 Å². The summed E-state index contributed by atoms with van der Waals surface area (Å²) in [4.78, 5) is 12.9. The van der Waals surface area contributed by atoms with Gasteiger partial charge in [0.2, 0.25) is 0 Å². The number of nitrogens with zero attached hydrogens (tertiary/aromatic N) is 2. The lowest BCUT2D eigenvalue weighted by Crippen LogP contribution is -2.11. The molecular formula is C10H10F3N3O2. The number of anilines is 1. The maximum Gasteiger partial charge on any atom is 0.433 e. The third-order valence-corrected chi connectivity index (χ3v) is 2.03. The molecule has 0 amide bonds. The Balaban J connectivity index is 3.07. The van der Waals surface area contributed by atoms with Gasteiger partial charge < -0.3 is 5.32 Å². The Morgan fingerprint density at radius 3 is 2.72 bits per heavy atom. The molecule has 0 saturated heterocycles. The van der Waals surface area contributed by atoms with E-state index in [0.29, 0.717) is 18.7 Å². The summed E-state index contributed by atoms with van der Waals surface area (Å²) in [6.45, 7) is 3.70. The summed E-state index contributed by atoms with van der Waals surface area (Å²) in [5, 5.41) is 13.2. The average Bonchev–Trinajstić information content (AvgIpc) is 2.27. The Kier molecular flexibility index (Phi) is 4.24. The predicted octanol–water partition coefficient (Wildman–Crippen LogP) is 3.00. The van der Waals surface area contributed by atoms with Crippen molar-refractivity contribution in [1.82, 2.24) is 4.98 Å². The molecule has 0 radical (unpaired) electrons. The predicted molar refractivity (Wildman–Crippen MR) is 59.2 cm³/mol. The fourth-order valence-corrected chi connectivity index (χ4v) is 1.20. The van der Waals surface area contributed by atoms with Gasteiger partial charge in [0, 0.05) is 6.54 Å². The number of aromatic nitrogens is 1. The van der Waals surface area contributed by atoms with Gasteiger partial charge in [-0.15, -0.1) is 6.58 Å². The van der Waals surface area contributed by atoms with Crippen molar-refractivity contribution in [3.05, 3.63) is 40.7 Å². The lowest BCUT2D eigenvalue weighted by molar-refractivity contribution is -0.384. The maximum absolute atomic E-state index is 12.4. The highest BCUT2D eigenvalue weighted by molar-refractivity contribution is 5.61. The van der Waals surface area contributed by atoms with Gasteiger partial charge in [-0.2, -0.15) is 13.2 Å². The summed E-state index contributed by atoms with van der Waals surface area (Å²) < 4.78 is 37.2. The van der Waals surface area contributed by atoms with Gasteiger partial charge >= 0.3 is 11.9 Å². The first kappa shape index (κ1) is 13.9. The van der Waals surface area contributed by atoms with Gasteiger partial charge in [0.15, 0.2) is 0 Å². The maximum atomic E-state index is 12.4. The van der Waals surface area contributed by atoms with Crippen LogP contribution in [0.2, 0.25) is 0 Å². The SMILES string of the molecule is C=CCCNc1cc(C(F)(F)F)ncc1[N+](=O)[O-]. The zero-order chi connectivity index (χ0) is 13.8. The minimum Gasteiger partial charge on any atom is -0.379 e. The van der Waals surface area contributed by atoms with Crippen LogP contribution in [0.3, 0.4) is 0 Å². The summed E-state index contributed by atoms with van der Waals surface area (Å²) in [7, 11) is 0. The lowest BCUT2D eigenvalue weighted by atomic mass is 10.2. The standard InChI is InChI=1S/C10H10F3N3O2/c1-2-3-4-14-7-5-9(10(11,12)13)15-6-8(7)16(17)18/h2,5-6H,1,3-4H2,(H,14,15). The molecule has 1 heterocycles. The zero-order valence-corrected chi connectivity index (χ0v) is 9.20. The van der Waals surface area contributed by atoms with E-state index in [0.717, 1.165) is 0 Å². The summed E-state index contributed by atoms with van der Waals surface area (Å²) >= 11 is 0. The van der Waals surface area contributed by atoms with Crippen LogP contribution >= 0.6 is 0 Å². The normalized spacial score (nSPS) is 11.1. The van der Waals surface area contributed by atoms with E-state index >= 15 is 0 Å². The van der Waals surface area contributed by atoms with Crippen LogP contribution < -0.4 is 5.32 Å². The number of rotatable bonds is 5. The molecule has 1 aromatic rings. The van der Waals surface area contributed by atoms with Gasteiger partial charge in [0.1, 0.15) is 17.6 Å².